The van der Waals surface area contributed by atoms with E-state index in [4.69, 9.17) is 0 Å². The Balaban J connectivity index is 2.19. The van der Waals surface area contributed by atoms with Crippen LogP contribution >= 0.6 is 0 Å². The minimum atomic E-state index is 0.401. The molecule has 14 heavy (non-hydrogen) atoms. The van der Waals surface area contributed by atoms with Crippen LogP contribution < -0.4 is 5.32 Å². The molecule has 0 radical (unpaired) electrons. The van der Waals surface area contributed by atoms with Crippen LogP contribution in [0.3, 0.4) is 0 Å². The zero-order valence-corrected chi connectivity index (χ0v) is 9.03. The largest absolute Gasteiger partial charge is 0.312 e. The van der Waals surface area contributed by atoms with Gasteiger partial charge in [0.05, 0.1) is 11.7 Å². The van der Waals surface area contributed by atoms with E-state index in [1.54, 1.807) is 0 Å². The monoisotopic (exact) mass is 193 g/mol. The van der Waals surface area contributed by atoms with E-state index < -0.39 is 0 Å². The molecule has 1 atom stereocenters. The van der Waals surface area contributed by atoms with E-state index in [0.717, 1.165) is 0 Å². The van der Waals surface area contributed by atoms with Gasteiger partial charge in [0, 0.05) is 12.2 Å². The van der Waals surface area contributed by atoms with Crippen LogP contribution in [0.15, 0.2) is 12.3 Å². The summed E-state index contributed by atoms with van der Waals surface area (Å²) in [5, 5.41) is 7.71. The molecule has 1 aliphatic carbocycles. The molecule has 0 aliphatic heterocycles. The van der Waals surface area contributed by atoms with E-state index in [1.807, 2.05) is 13.2 Å². The van der Waals surface area contributed by atoms with Crippen LogP contribution in [-0.2, 0) is 0 Å². The van der Waals surface area contributed by atoms with Crippen molar-refractivity contribution in [3.05, 3.63) is 18.0 Å². The van der Waals surface area contributed by atoms with E-state index in [9.17, 15) is 0 Å². The Hall–Kier alpha value is -0.830. The van der Waals surface area contributed by atoms with Crippen LogP contribution in [-0.4, -0.2) is 16.8 Å². The second-order valence-electron chi connectivity index (χ2n) is 4.15. The Morgan fingerprint density at radius 1 is 1.50 bits per heavy atom. The summed E-state index contributed by atoms with van der Waals surface area (Å²) in [4.78, 5) is 0. The maximum Gasteiger partial charge on any atom is 0.0553 e. The lowest BCUT2D eigenvalue weighted by Crippen LogP contribution is -2.19. The van der Waals surface area contributed by atoms with Crippen LogP contribution in [0.2, 0.25) is 0 Å². The van der Waals surface area contributed by atoms with Gasteiger partial charge in [-0.3, -0.25) is 4.68 Å². The Morgan fingerprint density at radius 2 is 2.21 bits per heavy atom. The van der Waals surface area contributed by atoms with E-state index in [2.05, 4.69) is 28.1 Å². The Labute approximate surface area is 85.5 Å². The summed E-state index contributed by atoms with van der Waals surface area (Å²) in [5.74, 6) is 0. The van der Waals surface area contributed by atoms with Crippen molar-refractivity contribution in [3.63, 3.8) is 0 Å². The van der Waals surface area contributed by atoms with Gasteiger partial charge in [0.25, 0.3) is 0 Å². The molecule has 0 aromatic carbocycles. The quantitative estimate of drug-likeness (QED) is 0.798. The van der Waals surface area contributed by atoms with Gasteiger partial charge >= 0.3 is 0 Å². The first kappa shape index (κ1) is 9.71. The first-order chi connectivity index (χ1) is 6.83. The smallest absolute Gasteiger partial charge is 0.0553 e. The van der Waals surface area contributed by atoms with Crippen LogP contribution in [0, 0.1) is 0 Å². The van der Waals surface area contributed by atoms with E-state index in [0.29, 0.717) is 12.1 Å². The van der Waals surface area contributed by atoms with Crippen molar-refractivity contribution in [2.45, 2.75) is 44.7 Å². The molecule has 2 rings (SSSR count). The van der Waals surface area contributed by atoms with Gasteiger partial charge in [-0.15, -0.1) is 0 Å². The molecular formula is C11H19N3. The summed E-state index contributed by atoms with van der Waals surface area (Å²) in [6.07, 6.45) is 7.23. The first-order valence-corrected chi connectivity index (χ1v) is 5.53. The first-order valence-electron chi connectivity index (χ1n) is 5.53. The molecule has 0 amide bonds. The third kappa shape index (κ3) is 1.69. The zero-order valence-electron chi connectivity index (χ0n) is 9.03. The minimum Gasteiger partial charge on any atom is -0.312 e. The van der Waals surface area contributed by atoms with Gasteiger partial charge in [-0.1, -0.05) is 12.8 Å². The second-order valence-corrected chi connectivity index (χ2v) is 4.15. The molecule has 1 aromatic heterocycles. The summed E-state index contributed by atoms with van der Waals surface area (Å²) >= 11 is 0. The number of aromatic nitrogens is 2. The van der Waals surface area contributed by atoms with Crippen LogP contribution in [0.5, 0.6) is 0 Å². The number of nitrogens with one attached hydrogen (secondary N) is 1. The normalized spacial score (nSPS) is 20.1. The molecule has 1 N–H and O–H groups in total. The van der Waals surface area contributed by atoms with Crippen molar-refractivity contribution in [3.8, 4) is 0 Å². The maximum atomic E-state index is 4.44. The highest BCUT2D eigenvalue weighted by Crippen LogP contribution is 2.30. The highest BCUT2D eigenvalue weighted by molar-refractivity contribution is 5.07. The predicted octanol–water partition coefficient (Wildman–Crippen LogP) is 2.28. The van der Waals surface area contributed by atoms with Gasteiger partial charge in [-0.05, 0) is 32.9 Å². The fourth-order valence-corrected chi connectivity index (χ4v) is 2.27. The predicted molar refractivity (Wildman–Crippen MR) is 57.2 cm³/mol. The fourth-order valence-electron chi connectivity index (χ4n) is 2.27. The molecule has 1 saturated carbocycles. The lowest BCUT2D eigenvalue weighted by Gasteiger charge is -2.18. The molecule has 0 spiro atoms. The Morgan fingerprint density at radius 3 is 2.86 bits per heavy atom. The van der Waals surface area contributed by atoms with E-state index in [1.165, 1.54) is 31.4 Å². The SMILES string of the molecule is CNC(C)c1ccnn1C1CCCC1. The minimum absolute atomic E-state index is 0.401. The number of rotatable bonds is 3. The Bertz CT molecular complexity index is 286. The molecule has 0 saturated heterocycles. The van der Waals surface area contributed by atoms with Crippen LogP contribution in [0.1, 0.15) is 50.4 Å². The van der Waals surface area contributed by atoms with Gasteiger partial charge in [-0.2, -0.15) is 5.10 Å². The molecule has 0 bridgehead atoms. The molecule has 1 heterocycles. The van der Waals surface area contributed by atoms with Crippen molar-refractivity contribution < 1.29 is 0 Å². The lowest BCUT2D eigenvalue weighted by atomic mass is 10.2. The van der Waals surface area contributed by atoms with E-state index >= 15 is 0 Å². The average molecular weight is 193 g/mol. The third-order valence-electron chi connectivity index (χ3n) is 3.25. The van der Waals surface area contributed by atoms with Gasteiger partial charge in [0.2, 0.25) is 0 Å². The molecule has 3 heteroatoms. The van der Waals surface area contributed by atoms with Gasteiger partial charge in [-0.25, -0.2) is 0 Å². The van der Waals surface area contributed by atoms with Crippen molar-refractivity contribution in [1.82, 2.24) is 15.1 Å². The molecule has 1 aromatic rings. The zero-order chi connectivity index (χ0) is 9.97. The van der Waals surface area contributed by atoms with Crippen LogP contribution in [0.25, 0.3) is 0 Å². The maximum absolute atomic E-state index is 4.44. The fraction of sp³-hybridized carbons (Fsp3) is 0.727. The lowest BCUT2D eigenvalue weighted by molar-refractivity contribution is 0.428. The molecular weight excluding hydrogens is 174 g/mol. The topological polar surface area (TPSA) is 29.9 Å². The van der Waals surface area contributed by atoms with Crippen LogP contribution in [0.4, 0.5) is 0 Å². The third-order valence-corrected chi connectivity index (χ3v) is 3.25. The average Bonchev–Trinajstić information content (AvgIpc) is 2.85. The molecule has 3 nitrogen and oxygen atoms in total. The van der Waals surface area contributed by atoms with Crippen molar-refractivity contribution in [2.24, 2.45) is 0 Å². The number of hydrogen-bond donors (Lipinski definition) is 1. The summed E-state index contributed by atoms with van der Waals surface area (Å²) in [5.41, 5.74) is 1.32. The van der Waals surface area contributed by atoms with E-state index in [-0.39, 0.29) is 0 Å². The van der Waals surface area contributed by atoms with Crippen molar-refractivity contribution in [2.75, 3.05) is 7.05 Å². The van der Waals surface area contributed by atoms with Crippen molar-refractivity contribution in [1.29, 1.82) is 0 Å². The van der Waals surface area contributed by atoms with Gasteiger partial charge in [0.15, 0.2) is 0 Å². The molecule has 78 valence electrons. The van der Waals surface area contributed by atoms with Crippen molar-refractivity contribution >= 4 is 0 Å². The molecule has 1 fully saturated rings. The summed E-state index contributed by atoms with van der Waals surface area (Å²) < 4.78 is 2.22. The highest BCUT2D eigenvalue weighted by atomic mass is 15.3. The summed E-state index contributed by atoms with van der Waals surface area (Å²) in [6, 6.07) is 3.17. The number of nitrogens with zero attached hydrogens (tertiary/aromatic N) is 2. The molecule has 1 unspecified atom stereocenters. The van der Waals surface area contributed by atoms with Gasteiger partial charge < -0.3 is 5.32 Å². The number of hydrogen-bond acceptors (Lipinski definition) is 2. The van der Waals surface area contributed by atoms with Gasteiger partial charge in [0.1, 0.15) is 0 Å². The second kappa shape index (κ2) is 4.13. The standard InChI is InChI=1S/C11H19N3/c1-9(12-2)11-7-8-13-14(11)10-5-3-4-6-10/h7-10,12H,3-6H2,1-2H3. The Kier molecular flexibility index (Phi) is 2.87. The highest BCUT2D eigenvalue weighted by Gasteiger charge is 2.21. The summed E-state index contributed by atoms with van der Waals surface area (Å²) in [6.45, 7) is 2.18. The molecule has 1 aliphatic rings. The summed E-state index contributed by atoms with van der Waals surface area (Å²) in [7, 11) is 2.00.